The summed E-state index contributed by atoms with van der Waals surface area (Å²) in [5.74, 6) is 0. The third kappa shape index (κ3) is 4.79. The second-order valence-electron chi connectivity index (χ2n) is 14.2. The smallest absolute Gasteiger partial charge is 0.135 e. The lowest BCUT2D eigenvalue weighted by Crippen LogP contribution is -2.16. The molecule has 8 aromatic carbocycles. The summed E-state index contributed by atoms with van der Waals surface area (Å²) >= 11 is 0. The zero-order valence-corrected chi connectivity index (χ0v) is 28.6. The van der Waals surface area contributed by atoms with Crippen molar-refractivity contribution in [3.05, 3.63) is 187 Å². The van der Waals surface area contributed by atoms with Crippen LogP contribution in [0.4, 0.5) is 17.1 Å². The molecular formula is C49H35NO. The van der Waals surface area contributed by atoms with E-state index in [0.717, 1.165) is 39.0 Å². The fourth-order valence-electron chi connectivity index (χ4n) is 8.16. The fraction of sp³-hybridized carbons (Fsp3) is 0.0612. The largest absolute Gasteiger partial charge is 0.456 e. The zero-order chi connectivity index (χ0) is 34.1. The quantitative estimate of drug-likeness (QED) is 0.184. The number of benzene rings is 8. The second-order valence-corrected chi connectivity index (χ2v) is 14.2. The van der Waals surface area contributed by atoms with Crippen LogP contribution in [0.25, 0.3) is 66.1 Å². The number of hydrogen-bond donors (Lipinski definition) is 0. The number of para-hydroxylation sites is 1. The van der Waals surface area contributed by atoms with Gasteiger partial charge in [-0.15, -0.1) is 0 Å². The van der Waals surface area contributed by atoms with Crippen molar-refractivity contribution in [2.24, 2.45) is 0 Å². The number of fused-ring (bicyclic) bond motifs is 7. The molecule has 51 heavy (non-hydrogen) atoms. The van der Waals surface area contributed by atoms with Crippen molar-refractivity contribution in [2.45, 2.75) is 19.3 Å². The van der Waals surface area contributed by atoms with Crippen molar-refractivity contribution in [3.63, 3.8) is 0 Å². The van der Waals surface area contributed by atoms with Crippen LogP contribution in [-0.2, 0) is 5.41 Å². The number of nitrogens with zero attached hydrogens (tertiary/aromatic N) is 1. The first kappa shape index (κ1) is 29.5. The summed E-state index contributed by atoms with van der Waals surface area (Å²) in [6.45, 7) is 4.69. The lowest BCUT2D eigenvalue weighted by Gasteiger charge is -2.28. The average Bonchev–Trinajstić information content (AvgIpc) is 3.67. The molecule has 1 heterocycles. The van der Waals surface area contributed by atoms with Gasteiger partial charge in [-0.25, -0.2) is 0 Å². The molecule has 0 amide bonds. The van der Waals surface area contributed by atoms with Crippen molar-refractivity contribution in [3.8, 4) is 33.4 Å². The summed E-state index contributed by atoms with van der Waals surface area (Å²) in [7, 11) is 0. The minimum atomic E-state index is -0.0900. The molecule has 0 saturated carbocycles. The van der Waals surface area contributed by atoms with Gasteiger partial charge in [0.1, 0.15) is 11.2 Å². The van der Waals surface area contributed by atoms with Crippen LogP contribution >= 0.6 is 0 Å². The van der Waals surface area contributed by atoms with Gasteiger partial charge in [0.2, 0.25) is 0 Å². The lowest BCUT2D eigenvalue weighted by atomic mass is 9.82. The zero-order valence-electron chi connectivity index (χ0n) is 28.6. The summed E-state index contributed by atoms with van der Waals surface area (Å²) in [6, 6.07) is 63.8. The second kappa shape index (κ2) is 11.3. The Balaban J connectivity index is 1.07. The molecule has 1 aliphatic rings. The van der Waals surface area contributed by atoms with E-state index in [4.69, 9.17) is 4.42 Å². The van der Waals surface area contributed by atoms with Crippen molar-refractivity contribution in [2.75, 3.05) is 4.90 Å². The Morgan fingerprint density at radius 2 is 0.961 bits per heavy atom. The minimum Gasteiger partial charge on any atom is -0.456 e. The normalized spacial score (nSPS) is 13.1. The van der Waals surface area contributed by atoms with Gasteiger partial charge < -0.3 is 9.32 Å². The average molecular weight is 654 g/mol. The standard InChI is InChI=1S/C49H35NO/c1-49(2)45-13-7-5-11-41(45)42-27-26-40(31-46(42)49)50(38-22-17-33(18-23-38)36-16-15-32-9-3-4-10-35(32)29-36)39-24-19-34(20-25-39)37-21-28-48-44(30-37)43-12-6-8-14-47(43)51-48/h3-31H,1-2H3. The first-order valence-corrected chi connectivity index (χ1v) is 17.7. The molecule has 10 rings (SSSR count). The van der Waals surface area contributed by atoms with Crippen LogP contribution in [0.3, 0.4) is 0 Å². The van der Waals surface area contributed by atoms with Crippen LogP contribution in [0, 0.1) is 0 Å². The summed E-state index contributed by atoms with van der Waals surface area (Å²) in [5, 5.41) is 4.79. The van der Waals surface area contributed by atoms with E-state index in [-0.39, 0.29) is 5.41 Å². The summed E-state index contributed by atoms with van der Waals surface area (Å²) < 4.78 is 6.11. The van der Waals surface area contributed by atoms with E-state index in [9.17, 15) is 0 Å². The predicted molar refractivity (Wildman–Crippen MR) is 214 cm³/mol. The molecule has 242 valence electrons. The van der Waals surface area contributed by atoms with Gasteiger partial charge in [-0.2, -0.15) is 0 Å². The molecule has 1 aromatic heterocycles. The van der Waals surface area contributed by atoms with Crippen molar-refractivity contribution in [1.82, 2.24) is 0 Å². The SMILES string of the molecule is CC1(C)c2ccccc2-c2ccc(N(c3ccc(-c4ccc5ccccc5c4)cc3)c3ccc(-c4ccc5oc6ccccc6c5c4)cc3)cc21. The first-order chi connectivity index (χ1) is 25.0. The third-order valence-corrected chi connectivity index (χ3v) is 10.9. The molecule has 9 aromatic rings. The Morgan fingerprint density at radius 1 is 0.392 bits per heavy atom. The van der Waals surface area contributed by atoms with Gasteiger partial charge in [0.15, 0.2) is 0 Å². The van der Waals surface area contributed by atoms with Gasteiger partial charge in [-0.1, -0.05) is 129 Å². The van der Waals surface area contributed by atoms with E-state index in [1.165, 1.54) is 55.3 Å². The number of hydrogen-bond acceptors (Lipinski definition) is 2. The number of anilines is 3. The van der Waals surface area contributed by atoms with Gasteiger partial charge in [0.05, 0.1) is 0 Å². The fourth-order valence-corrected chi connectivity index (χ4v) is 8.16. The molecule has 0 atom stereocenters. The Morgan fingerprint density at radius 3 is 1.75 bits per heavy atom. The molecule has 2 heteroatoms. The molecule has 0 aliphatic heterocycles. The van der Waals surface area contributed by atoms with E-state index in [0.29, 0.717) is 0 Å². The van der Waals surface area contributed by atoms with Gasteiger partial charge >= 0.3 is 0 Å². The number of furan rings is 1. The Labute approximate surface area is 297 Å². The molecule has 0 bridgehead atoms. The van der Waals surface area contributed by atoms with Gasteiger partial charge in [0.25, 0.3) is 0 Å². The molecule has 0 spiro atoms. The van der Waals surface area contributed by atoms with Crippen LogP contribution in [-0.4, -0.2) is 0 Å². The highest BCUT2D eigenvalue weighted by Gasteiger charge is 2.35. The van der Waals surface area contributed by atoms with Crippen LogP contribution in [0.1, 0.15) is 25.0 Å². The van der Waals surface area contributed by atoms with Crippen LogP contribution in [0.15, 0.2) is 180 Å². The molecule has 0 unspecified atom stereocenters. The summed E-state index contributed by atoms with van der Waals surface area (Å²) in [5.41, 5.74) is 15.3. The van der Waals surface area contributed by atoms with Crippen LogP contribution in [0.5, 0.6) is 0 Å². The summed E-state index contributed by atoms with van der Waals surface area (Å²) in [4.78, 5) is 2.39. The minimum absolute atomic E-state index is 0.0900. The monoisotopic (exact) mass is 653 g/mol. The topological polar surface area (TPSA) is 16.4 Å². The van der Waals surface area contributed by atoms with E-state index in [1.54, 1.807) is 0 Å². The third-order valence-electron chi connectivity index (χ3n) is 10.9. The Kier molecular flexibility index (Phi) is 6.56. The van der Waals surface area contributed by atoms with Gasteiger partial charge in [0, 0.05) is 33.2 Å². The van der Waals surface area contributed by atoms with Crippen molar-refractivity contribution in [1.29, 1.82) is 0 Å². The highest BCUT2D eigenvalue weighted by Crippen LogP contribution is 2.50. The highest BCUT2D eigenvalue weighted by atomic mass is 16.3. The van der Waals surface area contributed by atoms with E-state index >= 15 is 0 Å². The summed E-state index contributed by atoms with van der Waals surface area (Å²) in [6.07, 6.45) is 0. The Bertz CT molecular complexity index is 2770. The maximum absolute atomic E-state index is 6.11. The molecule has 2 nitrogen and oxygen atoms in total. The van der Waals surface area contributed by atoms with E-state index in [1.807, 2.05) is 12.1 Å². The lowest BCUT2D eigenvalue weighted by molar-refractivity contribution is 0.660. The van der Waals surface area contributed by atoms with Crippen LogP contribution < -0.4 is 4.90 Å². The van der Waals surface area contributed by atoms with Crippen molar-refractivity contribution >= 4 is 49.8 Å². The molecular weight excluding hydrogens is 619 g/mol. The van der Waals surface area contributed by atoms with Gasteiger partial charge in [-0.3, -0.25) is 0 Å². The first-order valence-electron chi connectivity index (χ1n) is 17.7. The molecule has 0 saturated heterocycles. The van der Waals surface area contributed by atoms with Crippen molar-refractivity contribution < 1.29 is 4.42 Å². The molecule has 0 N–H and O–H groups in total. The maximum atomic E-state index is 6.11. The van der Waals surface area contributed by atoms with E-state index < -0.39 is 0 Å². The maximum Gasteiger partial charge on any atom is 0.135 e. The molecule has 0 fully saturated rings. The van der Waals surface area contributed by atoms with Crippen LogP contribution in [0.2, 0.25) is 0 Å². The molecule has 1 aliphatic carbocycles. The van der Waals surface area contributed by atoms with E-state index in [2.05, 4.69) is 183 Å². The number of rotatable bonds is 5. The Hall–Kier alpha value is -6.38. The highest BCUT2D eigenvalue weighted by molar-refractivity contribution is 6.06. The van der Waals surface area contributed by atoms with Gasteiger partial charge in [-0.05, 0) is 116 Å². The predicted octanol–water partition coefficient (Wildman–Crippen LogP) is 13.8. The molecule has 0 radical (unpaired) electrons.